The molecule has 3 rings (SSSR count). The molecule has 2 aromatic rings. The number of amides is 1. The van der Waals surface area contributed by atoms with Crippen molar-refractivity contribution in [1.29, 1.82) is 0 Å². The fourth-order valence-corrected chi connectivity index (χ4v) is 2.50. The van der Waals surface area contributed by atoms with Crippen LogP contribution in [0.3, 0.4) is 0 Å². The van der Waals surface area contributed by atoms with Crippen molar-refractivity contribution < 1.29 is 19.4 Å². The minimum Gasteiger partial charge on any atom is -0.457 e. The van der Waals surface area contributed by atoms with Crippen LogP contribution in [0.4, 0.5) is 0 Å². The molecule has 1 unspecified atom stereocenters. The summed E-state index contributed by atoms with van der Waals surface area (Å²) in [5.41, 5.74) is 0.477. The molecule has 1 saturated heterocycles. The van der Waals surface area contributed by atoms with E-state index in [1.54, 1.807) is 23.1 Å². The first-order valence-corrected chi connectivity index (χ1v) is 7.61. The summed E-state index contributed by atoms with van der Waals surface area (Å²) in [5, 5.41) is 9.81. The lowest BCUT2D eigenvalue weighted by Crippen LogP contribution is -2.37. The van der Waals surface area contributed by atoms with Gasteiger partial charge in [-0.3, -0.25) is 4.79 Å². The van der Waals surface area contributed by atoms with Crippen LogP contribution in [0.15, 0.2) is 54.6 Å². The number of carbonyl (C=O) groups is 1. The Balaban J connectivity index is 1.83. The lowest BCUT2D eigenvalue weighted by molar-refractivity contribution is 0.0533. The quantitative estimate of drug-likeness (QED) is 0.945. The summed E-state index contributed by atoms with van der Waals surface area (Å²) in [6.07, 6.45) is -0.663. The van der Waals surface area contributed by atoms with Crippen molar-refractivity contribution in [1.82, 2.24) is 4.90 Å². The minimum atomic E-state index is -0.663. The van der Waals surface area contributed by atoms with Crippen LogP contribution in [0, 0.1) is 0 Å². The number of para-hydroxylation sites is 2. The predicted octanol–water partition coefficient (Wildman–Crippen LogP) is 2.31. The van der Waals surface area contributed by atoms with E-state index in [1.807, 2.05) is 36.4 Å². The van der Waals surface area contributed by atoms with Crippen LogP contribution in [-0.2, 0) is 4.74 Å². The summed E-state index contributed by atoms with van der Waals surface area (Å²) < 4.78 is 11.1. The van der Waals surface area contributed by atoms with Crippen molar-refractivity contribution in [3.05, 3.63) is 60.2 Å². The first-order valence-electron chi connectivity index (χ1n) is 7.61. The van der Waals surface area contributed by atoms with Crippen LogP contribution in [0.1, 0.15) is 10.4 Å². The van der Waals surface area contributed by atoms with Gasteiger partial charge in [-0.2, -0.15) is 0 Å². The Labute approximate surface area is 135 Å². The summed E-state index contributed by atoms with van der Waals surface area (Å²) in [5.74, 6) is 1.01. The standard InChI is InChI=1S/C18H19NO4/c20-14-12-19(10-11-22-13-14)18(21)16-8-4-5-9-17(16)23-15-6-2-1-3-7-15/h1-9,14,20H,10-13H2. The van der Waals surface area contributed by atoms with E-state index in [-0.39, 0.29) is 19.1 Å². The molecule has 1 N–H and O–H groups in total. The normalized spacial score (nSPS) is 18.3. The zero-order valence-electron chi connectivity index (χ0n) is 12.7. The Bertz CT molecular complexity index is 659. The number of aliphatic hydroxyl groups is 1. The molecule has 1 amide bonds. The Morgan fingerprint density at radius 1 is 1.13 bits per heavy atom. The molecule has 0 saturated carbocycles. The van der Waals surface area contributed by atoms with Gasteiger partial charge in [-0.25, -0.2) is 0 Å². The maximum Gasteiger partial charge on any atom is 0.257 e. The van der Waals surface area contributed by atoms with Crippen molar-refractivity contribution in [2.45, 2.75) is 6.10 Å². The number of hydrogen-bond donors (Lipinski definition) is 1. The summed E-state index contributed by atoms with van der Waals surface area (Å²) in [4.78, 5) is 14.4. The average Bonchev–Trinajstić information content (AvgIpc) is 2.80. The van der Waals surface area contributed by atoms with E-state index in [9.17, 15) is 9.90 Å². The number of hydrogen-bond acceptors (Lipinski definition) is 4. The smallest absolute Gasteiger partial charge is 0.257 e. The van der Waals surface area contributed by atoms with Crippen molar-refractivity contribution >= 4 is 5.91 Å². The van der Waals surface area contributed by atoms with E-state index in [0.29, 0.717) is 30.2 Å². The third kappa shape index (κ3) is 3.88. The molecular formula is C18H19NO4. The molecular weight excluding hydrogens is 294 g/mol. The van der Waals surface area contributed by atoms with Crippen LogP contribution < -0.4 is 4.74 Å². The Hall–Kier alpha value is -2.37. The molecule has 1 heterocycles. The molecule has 1 aliphatic heterocycles. The van der Waals surface area contributed by atoms with E-state index in [1.165, 1.54) is 0 Å². The molecule has 1 atom stereocenters. The van der Waals surface area contributed by atoms with Gasteiger partial charge in [0.2, 0.25) is 0 Å². The Kier molecular flexibility index (Phi) is 4.90. The highest BCUT2D eigenvalue weighted by molar-refractivity contribution is 5.97. The zero-order chi connectivity index (χ0) is 16.1. The number of aliphatic hydroxyl groups excluding tert-OH is 1. The largest absolute Gasteiger partial charge is 0.457 e. The lowest BCUT2D eigenvalue weighted by atomic mass is 10.1. The van der Waals surface area contributed by atoms with E-state index < -0.39 is 6.10 Å². The van der Waals surface area contributed by atoms with Gasteiger partial charge in [-0.05, 0) is 24.3 Å². The molecule has 1 aliphatic rings. The fourth-order valence-electron chi connectivity index (χ4n) is 2.50. The molecule has 23 heavy (non-hydrogen) atoms. The Morgan fingerprint density at radius 3 is 2.70 bits per heavy atom. The molecule has 2 aromatic carbocycles. The molecule has 0 aliphatic carbocycles. The summed E-state index contributed by atoms with van der Waals surface area (Å²) in [6, 6.07) is 16.5. The van der Waals surface area contributed by atoms with Gasteiger partial charge >= 0.3 is 0 Å². The van der Waals surface area contributed by atoms with Crippen LogP contribution in [0.5, 0.6) is 11.5 Å². The number of β-amino-alcohol motifs (C(OH)–C–C–N with tert-alkyl or cyclic N) is 1. The maximum atomic E-state index is 12.8. The highest BCUT2D eigenvalue weighted by Gasteiger charge is 2.24. The number of ether oxygens (including phenoxy) is 2. The molecule has 0 spiro atoms. The van der Waals surface area contributed by atoms with E-state index in [2.05, 4.69) is 0 Å². The van der Waals surface area contributed by atoms with Crippen molar-refractivity contribution in [3.8, 4) is 11.5 Å². The van der Waals surface area contributed by atoms with Gasteiger partial charge in [-0.1, -0.05) is 30.3 Å². The van der Waals surface area contributed by atoms with Gasteiger partial charge in [-0.15, -0.1) is 0 Å². The fraction of sp³-hybridized carbons (Fsp3) is 0.278. The minimum absolute atomic E-state index is 0.166. The van der Waals surface area contributed by atoms with Gasteiger partial charge in [0.05, 0.1) is 24.9 Å². The van der Waals surface area contributed by atoms with Crippen LogP contribution >= 0.6 is 0 Å². The molecule has 5 heteroatoms. The first kappa shape index (κ1) is 15.5. The van der Waals surface area contributed by atoms with Gasteiger partial charge in [0, 0.05) is 13.1 Å². The molecule has 0 aromatic heterocycles. The number of carbonyl (C=O) groups excluding carboxylic acids is 1. The molecule has 5 nitrogen and oxygen atoms in total. The number of nitrogens with zero attached hydrogens (tertiary/aromatic N) is 1. The molecule has 120 valence electrons. The van der Waals surface area contributed by atoms with E-state index in [4.69, 9.17) is 9.47 Å². The first-order chi connectivity index (χ1) is 11.2. The van der Waals surface area contributed by atoms with Crippen LogP contribution in [0.2, 0.25) is 0 Å². The van der Waals surface area contributed by atoms with Crippen molar-refractivity contribution in [2.75, 3.05) is 26.3 Å². The van der Waals surface area contributed by atoms with Gasteiger partial charge in [0.25, 0.3) is 5.91 Å². The molecule has 0 radical (unpaired) electrons. The highest BCUT2D eigenvalue weighted by Crippen LogP contribution is 2.26. The third-order valence-corrected chi connectivity index (χ3v) is 3.62. The second-order valence-electron chi connectivity index (χ2n) is 5.39. The maximum absolute atomic E-state index is 12.8. The van der Waals surface area contributed by atoms with Crippen LogP contribution in [0.25, 0.3) is 0 Å². The average molecular weight is 313 g/mol. The molecule has 0 bridgehead atoms. The monoisotopic (exact) mass is 313 g/mol. The number of rotatable bonds is 3. The topological polar surface area (TPSA) is 59.0 Å². The van der Waals surface area contributed by atoms with Gasteiger partial charge < -0.3 is 19.5 Å². The van der Waals surface area contributed by atoms with E-state index in [0.717, 1.165) is 0 Å². The van der Waals surface area contributed by atoms with Crippen LogP contribution in [-0.4, -0.2) is 48.3 Å². The van der Waals surface area contributed by atoms with Crippen molar-refractivity contribution in [3.63, 3.8) is 0 Å². The zero-order valence-corrected chi connectivity index (χ0v) is 12.7. The second-order valence-corrected chi connectivity index (χ2v) is 5.39. The highest BCUT2D eigenvalue weighted by atomic mass is 16.5. The summed E-state index contributed by atoms with van der Waals surface area (Å²) >= 11 is 0. The van der Waals surface area contributed by atoms with Gasteiger partial charge in [0.1, 0.15) is 11.5 Å². The third-order valence-electron chi connectivity index (χ3n) is 3.62. The SMILES string of the molecule is O=C(c1ccccc1Oc1ccccc1)N1CCOCC(O)C1. The number of benzene rings is 2. The lowest BCUT2D eigenvalue weighted by Gasteiger charge is -2.22. The summed E-state index contributed by atoms with van der Waals surface area (Å²) in [6.45, 7) is 1.39. The predicted molar refractivity (Wildman–Crippen MR) is 85.7 cm³/mol. The van der Waals surface area contributed by atoms with Crippen molar-refractivity contribution in [2.24, 2.45) is 0 Å². The molecule has 1 fully saturated rings. The Morgan fingerprint density at radius 2 is 1.87 bits per heavy atom. The van der Waals surface area contributed by atoms with E-state index >= 15 is 0 Å². The van der Waals surface area contributed by atoms with Gasteiger partial charge in [0.15, 0.2) is 0 Å². The second kappa shape index (κ2) is 7.26. The summed E-state index contributed by atoms with van der Waals surface area (Å²) in [7, 11) is 0.